The van der Waals surface area contributed by atoms with E-state index in [0.29, 0.717) is 5.75 Å². The van der Waals surface area contributed by atoms with Crippen LogP contribution < -0.4 is 4.74 Å². The highest BCUT2D eigenvalue weighted by atomic mass is 16.5. The van der Waals surface area contributed by atoms with Crippen LogP contribution in [0.25, 0.3) is 0 Å². The summed E-state index contributed by atoms with van der Waals surface area (Å²) >= 11 is 0. The number of ether oxygens (including phenoxy) is 3. The normalized spacial score (nSPS) is 9.44. The van der Waals surface area contributed by atoms with Crippen LogP contribution in [0.2, 0.25) is 0 Å². The highest BCUT2D eigenvalue weighted by Crippen LogP contribution is 2.15. The fourth-order valence-corrected chi connectivity index (χ4v) is 1.04. The van der Waals surface area contributed by atoms with Crippen molar-refractivity contribution in [2.45, 2.75) is 0 Å². The molecule has 0 N–H and O–H groups in total. The molecular formula is C10H11NO5. The Bertz CT molecular complexity index is 381. The van der Waals surface area contributed by atoms with E-state index in [9.17, 15) is 9.59 Å². The SMILES string of the molecule is COC(=O)c1cc(OC)cc(C(=O)OC)n1. The number of carbonyl (C=O) groups is 2. The van der Waals surface area contributed by atoms with Crippen molar-refractivity contribution in [3.63, 3.8) is 0 Å². The Labute approximate surface area is 92.1 Å². The number of nitrogens with zero attached hydrogens (tertiary/aromatic N) is 1. The highest BCUT2D eigenvalue weighted by molar-refractivity contribution is 5.92. The van der Waals surface area contributed by atoms with E-state index in [-0.39, 0.29) is 11.4 Å². The Hall–Kier alpha value is -2.11. The molecule has 1 aromatic heterocycles. The van der Waals surface area contributed by atoms with Crippen molar-refractivity contribution >= 4 is 11.9 Å². The second kappa shape index (κ2) is 5.11. The molecule has 0 saturated carbocycles. The van der Waals surface area contributed by atoms with Gasteiger partial charge in [0.1, 0.15) is 5.75 Å². The van der Waals surface area contributed by atoms with Gasteiger partial charge in [-0.3, -0.25) is 0 Å². The van der Waals surface area contributed by atoms with E-state index in [4.69, 9.17) is 4.74 Å². The van der Waals surface area contributed by atoms with Gasteiger partial charge in [-0.2, -0.15) is 0 Å². The summed E-state index contributed by atoms with van der Waals surface area (Å²) in [6.07, 6.45) is 0. The maximum absolute atomic E-state index is 11.3. The van der Waals surface area contributed by atoms with Gasteiger partial charge in [-0.05, 0) is 0 Å². The smallest absolute Gasteiger partial charge is 0.356 e. The summed E-state index contributed by atoms with van der Waals surface area (Å²) < 4.78 is 13.9. The van der Waals surface area contributed by atoms with Crippen LogP contribution in [0.5, 0.6) is 5.75 Å². The first-order valence-electron chi connectivity index (χ1n) is 4.35. The number of pyridine rings is 1. The molecule has 0 fully saturated rings. The van der Waals surface area contributed by atoms with Crippen LogP contribution in [0, 0.1) is 0 Å². The summed E-state index contributed by atoms with van der Waals surface area (Å²) in [4.78, 5) is 26.3. The zero-order valence-corrected chi connectivity index (χ0v) is 9.14. The molecule has 1 aromatic rings. The van der Waals surface area contributed by atoms with Crippen molar-refractivity contribution in [3.8, 4) is 5.75 Å². The number of esters is 2. The zero-order chi connectivity index (χ0) is 12.1. The lowest BCUT2D eigenvalue weighted by atomic mass is 10.3. The second-order valence-electron chi connectivity index (χ2n) is 2.76. The minimum absolute atomic E-state index is 0.0118. The van der Waals surface area contributed by atoms with Gasteiger partial charge in [-0.1, -0.05) is 0 Å². The van der Waals surface area contributed by atoms with Crippen LogP contribution in [0.1, 0.15) is 21.0 Å². The number of rotatable bonds is 3. The third kappa shape index (κ3) is 2.47. The first-order valence-corrected chi connectivity index (χ1v) is 4.35. The fourth-order valence-electron chi connectivity index (χ4n) is 1.04. The standard InChI is InChI=1S/C10H11NO5/c1-14-6-4-7(9(12)15-2)11-8(5-6)10(13)16-3/h4-5H,1-3H3. The number of methoxy groups -OCH3 is 3. The maximum Gasteiger partial charge on any atom is 0.356 e. The third-order valence-electron chi connectivity index (χ3n) is 1.82. The summed E-state index contributed by atoms with van der Waals surface area (Å²) in [5.74, 6) is -0.969. The Kier molecular flexibility index (Phi) is 3.82. The number of hydrogen-bond acceptors (Lipinski definition) is 6. The van der Waals surface area contributed by atoms with Gasteiger partial charge >= 0.3 is 11.9 Å². The maximum atomic E-state index is 11.3. The summed E-state index contributed by atoms with van der Waals surface area (Å²) in [5.41, 5.74) is -0.0236. The molecule has 0 aromatic carbocycles. The lowest BCUT2D eigenvalue weighted by Crippen LogP contribution is -2.11. The molecule has 0 aliphatic rings. The van der Waals surface area contributed by atoms with Gasteiger partial charge in [0, 0.05) is 12.1 Å². The third-order valence-corrected chi connectivity index (χ3v) is 1.82. The Morgan fingerprint density at radius 3 is 1.75 bits per heavy atom. The van der Waals surface area contributed by atoms with Crippen LogP contribution in [0.4, 0.5) is 0 Å². The number of carbonyl (C=O) groups excluding carboxylic acids is 2. The van der Waals surface area contributed by atoms with Gasteiger partial charge in [0.15, 0.2) is 11.4 Å². The summed E-state index contributed by atoms with van der Waals surface area (Å²) in [6, 6.07) is 2.75. The number of hydrogen-bond donors (Lipinski definition) is 0. The van der Waals surface area contributed by atoms with Crippen molar-refractivity contribution in [2.24, 2.45) is 0 Å². The van der Waals surface area contributed by atoms with Crippen molar-refractivity contribution in [3.05, 3.63) is 23.5 Å². The molecule has 0 unspecified atom stereocenters. The second-order valence-corrected chi connectivity index (χ2v) is 2.76. The van der Waals surface area contributed by atoms with E-state index < -0.39 is 11.9 Å². The largest absolute Gasteiger partial charge is 0.497 e. The Morgan fingerprint density at radius 1 is 1.00 bits per heavy atom. The molecule has 0 spiro atoms. The lowest BCUT2D eigenvalue weighted by Gasteiger charge is -2.05. The Morgan fingerprint density at radius 2 is 1.44 bits per heavy atom. The molecule has 0 radical (unpaired) electrons. The zero-order valence-electron chi connectivity index (χ0n) is 9.14. The molecule has 16 heavy (non-hydrogen) atoms. The lowest BCUT2D eigenvalue weighted by molar-refractivity contribution is 0.0585. The Balaban J connectivity index is 3.20. The molecular weight excluding hydrogens is 214 g/mol. The predicted octanol–water partition coefficient (Wildman–Crippen LogP) is 0.663. The molecule has 1 rings (SSSR count). The summed E-state index contributed by atoms with van der Waals surface area (Å²) in [5, 5.41) is 0. The number of aromatic nitrogens is 1. The minimum Gasteiger partial charge on any atom is -0.497 e. The van der Waals surface area contributed by atoms with Crippen molar-refractivity contribution < 1.29 is 23.8 Å². The van der Waals surface area contributed by atoms with Gasteiger partial charge in [0.2, 0.25) is 0 Å². The molecule has 6 heteroatoms. The highest BCUT2D eigenvalue weighted by Gasteiger charge is 2.15. The van der Waals surface area contributed by atoms with Gasteiger partial charge in [-0.15, -0.1) is 0 Å². The van der Waals surface area contributed by atoms with Gasteiger partial charge in [-0.25, -0.2) is 14.6 Å². The first-order chi connectivity index (χ1) is 7.62. The molecule has 0 amide bonds. The van der Waals surface area contributed by atoms with Crippen LogP contribution in [-0.2, 0) is 9.47 Å². The van der Waals surface area contributed by atoms with Gasteiger partial charge < -0.3 is 14.2 Å². The molecule has 0 aliphatic heterocycles. The summed E-state index contributed by atoms with van der Waals surface area (Å²) in [6.45, 7) is 0. The van der Waals surface area contributed by atoms with E-state index in [1.54, 1.807) is 0 Å². The molecule has 86 valence electrons. The van der Waals surface area contributed by atoms with Crippen molar-refractivity contribution in [2.75, 3.05) is 21.3 Å². The van der Waals surface area contributed by atoms with Gasteiger partial charge in [0.05, 0.1) is 21.3 Å². The van der Waals surface area contributed by atoms with E-state index in [1.807, 2.05) is 0 Å². The van der Waals surface area contributed by atoms with E-state index >= 15 is 0 Å². The molecule has 0 saturated heterocycles. The monoisotopic (exact) mass is 225 g/mol. The molecule has 0 bridgehead atoms. The van der Waals surface area contributed by atoms with Gasteiger partial charge in [0.25, 0.3) is 0 Å². The topological polar surface area (TPSA) is 74.7 Å². The van der Waals surface area contributed by atoms with Crippen molar-refractivity contribution in [1.29, 1.82) is 0 Å². The predicted molar refractivity (Wildman–Crippen MR) is 53.5 cm³/mol. The first kappa shape index (κ1) is 12.0. The molecule has 6 nitrogen and oxygen atoms in total. The van der Waals surface area contributed by atoms with E-state index in [2.05, 4.69) is 14.5 Å². The average Bonchev–Trinajstić information content (AvgIpc) is 2.35. The van der Waals surface area contributed by atoms with Crippen molar-refractivity contribution in [1.82, 2.24) is 4.98 Å². The molecule has 0 atom stereocenters. The van der Waals surface area contributed by atoms with E-state index in [1.165, 1.54) is 33.5 Å². The molecule has 1 heterocycles. The summed E-state index contributed by atoms with van der Waals surface area (Å²) in [7, 11) is 3.86. The molecule has 0 aliphatic carbocycles. The van der Waals surface area contributed by atoms with Crippen LogP contribution >= 0.6 is 0 Å². The average molecular weight is 225 g/mol. The van der Waals surface area contributed by atoms with Crippen LogP contribution in [0.3, 0.4) is 0 Å². The quantitative estimate of drug-likeness (QED) is 0.703. The minimum atomic E-state index is -0.649. The fraction of sp³-hybridized carbons (Fsp3) is 0.300. The van der Waals surface area contributed by atoms with E-state index in [0.717, 1.165) is 0 Å². The van der Waals surface area contributed by atoms with Crippen LogP contribution in [0.15, 0.2) is 12.1 Å². The van der Waals surface area contributed by atoms with Crippen LogP contribution in [-0.4, -0.2) is 38.3 Å².